The first-order valence-electron chi connectivity index (χ1n) is 11.1. The Labute approximate surface area is 179 Å². The lowest BCUT2D eigenvalue weighted by atomic mass is 10.0. The molecule has 2 saturated heterocycles. The van der Waals surface area contributed by atoms with Crippen molar-refractivity contribution in [3.63, 3.8) is 0 Å². The van der Waals surface area contributed by atoms with E-state index >= 15 is 0 Å². The lowest BCUT2D eigenvalue weighted by Crippen LogP contribution is -2.40. The summed E-state index contributed by atoms with van der Waals surface area (Å²) in [5.41, 5.74) is 4.00. The van der Waals surface area contributed by atoms with Crippen molar-refractivity contribution in [1.82, 2.24) is 24.9 Å². The minimum absolute atomic E-state index is 0.524. The van der Waals surface area contributed by atoms with E-state index in [-0.39, 0.29) is 0 Å². The highest BCUT2D eigenvalue weighted by atomic mass is 16.5. The average molecular weight is 411 g/mol. The fraction of sp³-hybridized carbons (Fsp3) is 0.565. The third-order valence-corrected chi connectivity index (χ3v) is 6.03. The second-order valence-corrected chi connectivity index (χ2v) is 8.21. The van der Waals surface area contributed by atoms with Crippen LogP contribution in [-0.2, 0) is 24.9 Å². The summed E-state index contributed by atoms with van der Waals surface area (Å²) in [7, 11) is 1.98. The Kier molecular flexibility index (Phi) is 7.02. The molecular formula is C23H34N6O. The maximum absolute atomic E-state index is 5.49. The molecule has 3 heterocycles. The first-order valence-corrected chi connectivity index (χ1v) is 11.1. The number of hydrogen-bond acceptors (Lipinski definition) is 4. The molecule has 162 valence electrons. The van der Waals surface area contributed by atoms with Crippen LogP contribution >= 0.6 is 0 Å². The van der Waals surface area contributed by atoms with Gasteiger partial charge < -0.3 is 15.0 Å². The molecule has 7 heteroatoms. The summed E-state index contributed by atoms with van der Waals surface area (Å²) in [6.45, 7) is 10.4. The van der Waals surface area contributed by atoms with E-state index in [4.69, 9.17) is 9.73 Å². The normalized spacial score (nSPS) is 20.7. The Bertz CT molecular complexity index is 842. The van der Waals surface area contributed by atoms with Crippen molar-refractivity contribution in [1.29, 1.82) is 0 Å². The number of aromatic nitrogens is 2. The molecule has 0 bridgehead atoms. The molecule has 1 N–H and O–H groups in total. The van der Waals surface area contributed by atoms with Crippen molar-refractivity contribution >= 4 is 5.96 Å². The smallest absolute Gasteiger partial charge is 0.194 e. The summed E-state index contributed by atoms with van der Waals surface area (Å²) in [6, 6.07) is 8.70. The van der Waals surface area contributed by atoms with Crippen molar-refractivity contribution in [3.8, 4) is 0 Å². The number of rotatable bonds is 6. The van der Waals surface area contributed by atoms with Crippen LogP contribution < -0.4 is 5.32 Å². The van der Waals surface area contributed by atoms with Gasteiger partial charge in [0.1, 0.15) is 0 Å². The van der Waals surface area contributed by atoms with Gasteiger partial charge in [0.05, 0.1) is 26.0 Å². The Morgan fingerprint density at radius 2 is 2.00 bits per heavy atom. The fourth-order valence-corrected chi connectivity index (χ4v) is 4.33. The van der Waals surface area contributed by atoms with Crippen molar-refractivity contribution in [2.45, 2.75) is 32.4 Å². The van der Waals surface area contributed by atoms with Gasteiger partial charge in [-0.05, 0) is 30.0 Å². The maximum Gasteiger partial charge on any atom is 0.194 e. The van der Waals surface area contributed by atoms with Crippen molar-refractivity contribution in [2.75, 3.05) is 45.9 Å². The quantitative estimate of drug-likeness (QED) is 0.585. The predicted molar refractivity (Wildman–Crippen MR) is 119 cm³/mol. The molecule has 2 aliphatic heterocycles. The molecule has 0 radical (unpaired) electrons. The highest BCUT2D eigenvalue weighted by Gasteiger charge is 2.27. The number of guanidine groups is 1. The predicted octanol–water partition coefficient (Wildman–Crippen LogP) is 2.21. The summed E-state index contributed by atoms with van der Waals surface area (Å²) in [6.07, 6.45) is 5.28. The number of ether oxygens (including phenoxy) is 1. The topological polar surface area (TPSA) is 57.9 Å². The van der Waals surface area contributed by atoms with Crippen LogP contribution in [0.15, 0.2) is 41.7 Å². The van der Waals surface area contributed by atoms with Gasteiger partial charge >= 0.3 is 0 Å². The zero-order valence-corrected chi connectivity index (χ0v) is 18.3. The molecule has 1 aromatic carbocycles. The van der Waals surface area contributed by atoms with Crippen molar-refractivity contribution in [3.05, 3.63) is 53.3 Å². The van der Waals surface area contributed by atoms with Gasteiger partial charge in [-0.15, -0.1) is 0 Å². The van der Waals surface area contributed by atoms with E-state index < -0.39 is 0 Å². The van der Waals surface area contributed by atoms with Gasteiger partial charge in [-0.2, -0.15) is 5.10 Å². The van der Waals surface area contributed by atoms with E-state index in [9.17, 15) is 0 Å². The molecule has 2 aromatic rings. The number of nitrogens with one attached hydrogen (secondary N) is 1. The van der Waals surface area contributed by atoms with Crippen LogP contribution in [0.5, 0.6) is 0 Å². The van der Waals surface area contributed by atoms with Crippen LogP contribution in [0.1, 0.15) is 36.0 Å². The number of aliphatic imine (C=N–C) groups is 1. The molecule has 0 aliphatic carbocycles. The second kappa shape index (κ2) is 10.1. The molecule has 4 rings (SSSR count). The standard InChI is InChI=1S/C23H34N6O/c1-3-24-23(29-9-8-21(18-29)22-15-26-27(2)16-22)25-14-19-6-4-5-7-20(19)17-28-10-12-30-13-11-28/h4-7,15-16,21H,3,8-14,17-18H2,1-2H3,(H,24,25). The number of nitrogens with zero attached hydrogens (tertiary/aromatic N) is 5. The monoisotopic (exact) mass is 410 g/mol. The molecule has 2 aliphatic rings. The lowest BCUT2D eigenvalue weighted by Gasteiger charge is -2.27. The Morgan fingerprint density at radius 3 is 2.73 bits per heavy atom. The summed E-state index contributed by atoms with van der Waals surface area (Å²) in [5.74, 6) is 1.54. The second-order valence-electron chi connectivity index (χ2n) is 8.21. The molecule has 0 amide bonds. The molecule has 0 saturated carbocycles. The highest BCUT2D eigenvalue weighted by Crippen LogP contribution is 2.26. The molecule has 2 fully saturated rings. The first kappa shape index (κ1) is 20.9. The zero-order valence-electron chi connectivity index (χ0n) is 18.3. The zero-order chi connectivity index (χ0) is 20.8. The summed E-state index contributed by atoms with van der Waals surface area (Å²) >= 11 is 0. The Balaban J connectivity index is 1.43. The molecule has 1 atom stereocenters. The van der Waals surface area contributed by atoms with E-state index in [0.717, 1.165) is 64.9 Å². The van der Waals surface area contributed by atoms with Gasteiger partial charge in [-0.25, -0.2) is 4.99 Å². The van der Waals surface area contributed by atoms with Gasteiger partial charge in [0, 0.05) is 58.4 Å². The highest BCUT2D eigenvalue weighted by molar-refractivity contribution is 5.80. The van der Waals surface area contributed by atoms with E-state index in [1.807, 2.05) is 17.9 Å². The number of morpholine rings is 1. The van der Waals surface area contributed by atoms with Crippen LogP contribution in [0.2, 0.25) is 0 Å². The van der Waals surface area contributed by atoms with Crippen molar-refractivity contribution < 1.29 is 4.74 Å². The molecule has 0 spiro atoms. The van der Waals surface area contributed by atoms with Crippen molar-refractivity contribution in [2.24, 2.45) is 12.0 Å². The Hall–Kier alpha value is -2.38. The van der Waals surface area contributed by atoms with Gasteiger partial charge in [0.15, 0.2) is 5.96 Å². The average Bonchev–Trinajstić information content (AvgIpc) is 3.42. The molecule has 30 heavy (non-hydrogen) atoms. The van der Waals surface area contributed by atoms with Crippen LogP contribution in [0.4, 0.5) is 0 Å². The first-order chi connectivity index (χ1) is 14.7. The largest absolute Gasteiger partial charge is 0.379 e. The van der Waals surface area contributed by atoms with Gasteiger partial charge in [-0.3, -0.25) is 9.58 Å². The van der Waals surface area contributed by atoms with E-state index in [1.165, 1.54) is 16.7 Å². The van der Waals surface area contributed by atoms with E-state index in [2.05, 4.69) is 57.6 Å². The minimum Gasteiger partial charge on any atom is -0.379 e. The SMILES string of the molecule is CCNC(=NCc1ccccc1CN1CCOCC1)N1CCC(c2cnn(C)c2)C1. The van der Waals surface area contributed by atoms with Crippen LogP contribution in [-0.4, -0.2) is 71.5 Å². The maximum atomic E-state index is 5.49. The van der Waals surface area contributed by atoms with Crippen LogP contribution in [0, 0.1) is 0 Å². The summed E-state index contributed by atoms with van der Waals surface area (Å²) in [5, 5.41) is 7.84. The van der Waals surface area contributed by atoms with Crippen LogP contribution in [0.3, 0.4) is 0 Å². The number of hydrogen-bond donors (Lipinski definition) is 1. The molecular weight excluding hydrogens is 376 g/mol. The van der Waals surface area contributed by atoms with E-state index in [1.54, 1.807) is 0 Å². The van der Waals surface area contributed by atoms with Gasteiger partial charge in [0.2, 0.25) is 0 Å². The van der Waals surface area contributed by atoms with Gasteiger partial charge in [0.25, 0.3) is 0 Å². The number of benzene rings is 1. The lowest BCUT2D eigenvalue weighted by molar-refractivity contribution is 0.0341. The number of likely N-dealkylation sites (tertiary alicyclic amines) is 1. The summed E-state index contributed by atoms with van der Waals surface area (Å²) < 4.78 is 7.38. The van der Waals surface area contributed by atoms with E-state index in [0.29, 0.717) is 12.5 Å². The summed E-state index contributed by atoms with van der Waals surface area (Å²) in [4.78, 5) is 9.88. The minimum atomic E-state index is 0.524. The Morgan fingerprint density at radius 1 is 1.20 bits per heavy atom. The fourth-order valence-electron chi connectivity index (χ4n) is 4.33. The van der Waals surface area contributed by atoms with Gasteiger partial charge in [-0.1, -0.05) is 24.3 Å². The number of aryl methyl sites for hydroxylation is 1. The van der Waals surface area contributed by atoms with Crippen LogP contribution in [0.25, 0.3) is 0 Å². The third-order valence-electron chi connectivity index (χ3n) is 6.03. The third kappa shape index (κ3) is 5.21. The molecule has 1 unspecified atom stereocenters. The molecule has 1 aromatic heterocycles. The molecule has 7 nitrogen and oxygen atoms in total.